The van der Waals surface area contributed by atoms with Gasteiger partial charge in [-0.15, -0.1) is 23.8 Å². The fourth-order valence-corrected chi connectivity index (χ4v) is 1.86. The van der Waals surface area contributed by atoms with Gasteiger partial charge in [0.25, 0.3) is 0 Å². The normalized spacial score (nSPS) is 8.95. The van der Waals surface area contributed by atoms with Crippen LogP contribution in [0.15, 0.2) is 73.4 Å². The van der Waals surface area contributed by atoms with E-state index in [4.69, 9.17) is 0 Å². The van der Waals surface area contributed by atoms with Crippen LogP contribution in [0.2, 0.25) is 0 Å². The van der Waals surface area contributed by atoms with Crippen LogP contribution in [0.4, 0.5) is 0 Å². The minimum absolute atomic E-state index is 0. The first kappa shape index (κ1) is 16.9. The molecule has 0 saturated carbocycles. The van der Waals surface area contributed by atoms with E-state index in [1.165, 1.54) is 0 Å². The number of hydrogen-bond acceptors (Lipinski definition) is 1. The molecule has 105 valence electrons. The molecular weight excluding hydrogens is 301 g/mol. The molecule has 3 rings (SSSR count). The van der Waals surface area contributed by atoms with Crippen LogP contribution in [0.1, 0.15) is 0 Å². The molecule has 0 unspecified atom stereocenters. The predicted molar refractivity (Wildman–Crippen MR) is 82.7 cm³/mol. The standard InChI is InChI=1S/C17H11N.C2H3.Ni/c1-2-7-14(8-3-1)15-9-6-10-16(13-15)17-11-4-5-12-18-17;1-2;/h1-7,9-12H;1H,2H2;/q-2;-1;+3. The smallest absolute Gasteiger partial charge is 0.521 e. The van der Waals surface area contributed by atoms with Gasteiger partial charge in [-0.2, -0.15) is 42.0 Å². The van der Waals surface area contributed by atoms with Crippen LogP contribution < -0.4 is 0 Å². The number of rotatable bonds is 2. The van der Waals surface area contributed by atoms with Gasteiger partial charge in [-0.05, 0) is 6.07 Å². The van der Waals surface area contributed by atoms with Crippen molar-refractivity contribution in [3.8, 4) is 22.4 Å². The zero-order chi connectivity index (χ0) is 14.2. The van der Waals surface area contributed by atoms with E-state index in [0.717, 1.165) is 22.4 Å². The Balaban J connectivity index is 0.000000706. The summed E-state index contributed by atoms with van der Waals surface area (Å²) in [6, 6.07) is 26.5. The third kappa shape index (κ3) is 4.41. The van der Waals surface area contributed by atoms with Gasteiger partial charge < -0.3 is 6.58 Å². The van der Waals surface area contributed by atoms with Crippen LogP contribution in [-0.2, 0) is 16.5 Å². The van der Waals surface area contributed by atoms with Crippen molar-refractivity contribution in [1.29, 1.82) is 0 Å². The average Bonchev–Trinajstić information content (AvgIpc) is 2.58. The van der Waals surface area contributed by atoms with Crippen molar-refractivity contribution in [1.82, 2.24) is 4.98 Å². The monoisotopic (exact) mass is 314 g/mol. The van der Waals surface area contributed by atoms with E-state index in [0.29, 0.717) is 0 Å². The number of pyridine rings is 1. The second kappa shape index (κ2) is 8.89. The summed E-state index contributed by atoms with van der Waals surface area (Å²) in [5.74, 6) is 0. The van der Waals surface area contributed by atoms with Crippen molar-refractivity contribution in [2.45, 2.75) is 0 Å². The van der Waals surface area contributed by atoms with Crippen molar-refractivity contribution < 1.29 is 16.5 Å². The Hall–Kier alpha value is -2.18. The summed E-state index contributed by atoms with van der Waals surface area (Å²) in [5, 5.41) is 0. The fraction of sp³-hybridized carbons (Fsp3) is 0. The van der Waals surface area contributed by atoms with E-state index >= 15 is 0 Å². The van der Waals surface area contributed by atoms with Crippen molar-refractivity contribution in [3.05, 3.63) is 92.2 Å². The summed E-state index contributed by atoms with van der Waals surface area (Å²) in [4.78, 5) is 4.34. The molecule has 0 amide bonds. The van der Waals surface area contributed by atoms with Crippen molar-refractivity contribution in [2.75, 3.05) is 0 Å². The summed E-state index contributed by atoms with van der Waals surface area (Å²) in [7, 11) is 0. The van der Waals surface area contributed by atoms with E-state index in [1.54, 1.807) is 6.20 Å². The number of hydrogen-bond donors (Lipinski definition) is 0. The zero-order valence-electron chi connectivity index (χ0n) is 11.4. The van der Waals surface area contributed by atoms with Gasteiger partial charge in [0, 0.05) is 11.9 Å². The summed E-state index contributed by atoms with van der Waals surface area (Å²) >= 11 is 0. The third-order valence-electron chi connectivity index (χ3n) is 2.74. The molecule has 1 nitrogen and oxygen atoms in total. The topological polar surface area (TPSA) is 12.9 Å². The van der Waals surface area contributed by atoms with Crippen LogP contribution in [-0.4, -0.2) is 4.98 Å². The molecule has 21 heavy (non-hydrogen) atoms. The maximum Gasteiger partial charge on any atom is 3.00 e. The van der Waals surface area contributed by atoms with Crippen LogP contribution in [0.5, 0.6) is 0 Å². The summed E-state index contributed by atoms with van der Waals surface area (Å²) in [6.45, 7) is 7.00. The van der Waals surface area contributed by atoms with Crippen LogP contribution in [0.25, 0.3) is 22.4 Å². The van der Waals surface area contributed by atoms with E-state index in [1.807, 2.05) is 60.7 Å². The van der Waals surface area contributed by atoms with Gasteiger partial charge in [-0.1, -0.05) is 12.1 Å². The Morgan fingerprint density at radius 1 is 0.810 bits per heavy atom. The molecule has 0 saturated heterocycles. The van der Waals surface area contributed by atoms with E-state index in [2.05, 4.69) is 30.3 Å². The van der Waals surface area contributed by atoms with E-state index < -0.39 is 0 Å². The number of aromatic nitrogens is 1. The zero-order valence-corrected chi connectivity index (χ0v) is 12.4. The Labute approximate surface area is 136 Å². The maximum absolute atomic E-state index is 4.34. The van der Waals surface area contributed by atoms with E-state index in [9.17, 15) is 0 Å². The molecule has 0 atom stereocenters. The Morgan fingerprint density at radius 2 is 1.52 bits per heavy atom. The number of nitrogens with zero attached hydrogens (tertiary/aromatic N) is 1. The molecule has 2 heteroatoms. The maximum atomic E-state index is 4.34. The van der Waals surface area contributed by atoms with Crippen molar-refractivity contribution in [3.63, 3.8) is 0 Å². The summed E-state index contributed by atoms with van der Waals surface area (Å²) < 4.78 is 0. The molecule has 0 aliphatic carbocycles. The van der Waals surface area contributed by atoms with Crippen molar-refractivity contribution in [2.24, 2.45) is 0 Å². The van der Waals surface area contributed by atoms with Crippen LogP contribution >= 0.6 is 0 Å². The van der Waals surface area contributed by atoms with Crippen LogP contribution in [0, 0.1) is 18.7 Å². The van der Waals surface area contributed by atoms with Crippen molar-refractivity contribution >= 4 is 0 Å². The Kier molecular flexibility index (Phi) is 7.14. The molecule has 1 heterocycles. The molecule has 2 aromatic carbocycles. The Bertz CT molecular complexity index is 596. The molecule has 3 aromatic rings. The summed E-state index contributed by atoms with van der Waals surface area (Å²) in [5.41, 5.74) is 4.04. The van der Waals surface area contributed by atoms with Gasteiger partial charge in [-0.25, -0.2) is 5.56 Å². The minimum Gasteiger partial charge on any atom is -0.521 e. The van der Waals surface area contributed by atoms with Gasteiger partial charge >= 0.3 is 16.5 Å². The second-order valence-corrected chi connectivity index (χ2v) is 3.97. The summed E-state index contributed by atoms with van der Waals surface area (Å²) in [6.07, 6.45) is 1.80. The first-order valence-electron chi connectivity index (χ1n) is 6.25. The molecule has 0 aliphatic rings. The third-order valence-corrected chi connectivity index (χ3v) is 2.74. The fourth-order valence-electron chi connectivity index (χ4n) is 1.86. The molecule has 0 N–H and O–H groups in total. The largest absolute Gasteiger partial charge is 3.00 e. The van der Waals surface area contributed by atoms with Crippen LogP contribution in [0.3, 0.4) is 0 Å². The second-order valence-electron chi connectivity index (χ2n) is 3.97. The molecule has 0 spiro atoms. The molecule has 0 aliphatic heterocycles. The van der Waals surface area contributed by atoms with E-state index in [-0.39, 0.29) is 16.5 Å². The van der Waals surface area contributed by atoms with Gasteiger partial charge in [-0.3, -0.25) is 11.6 Å². The van der Waals surface area contributed by atoms with Gasteiger partial charge in [0.2, 0.25) is 0 Å². The first-order valence-corrected chi connectivity index (χ1v) is 6.25. The molecule has 0 bridgehead atoms. The first-order chi connectivity index (χ1) is 9.93. The molecule has 1 aromatic heterocycles. The Morgan fingerprint density at radius 3 is 2.19 bits per heavy atom. The van der Waals surface area contributed by atoms with Gasteiger partial charge in [0.05, 0.1) is 0 Å². The SMILES string of the molecule is [CH-]=C.[Ni+3].[c-]1ccccc1-c1[c-]c(-c2ccccn2)ccc1. The molecule has 1 radical (unpaired) electrons. The molecule has 0 fully saturated rings. The minimum atomic E-state index is 0. The molecular formula is C19H14NNi. The number of benzene rings is 2. The van der Waals surface area contributed by atoms with Gasteiger partial charge in [0.15, 0.2) is 0 Å². The quantitative estimate of drug-likeness (QED) is 0.497. The average molecular weight is 315 g/mol. The predicted octanol–water partition coefficient (Wildman–Crippen LogP) is 4.62. The van der Waals surface area contributed by atoms with Gasteiger partial charge in [0.1, 0.15) is 0 Å².